The smallest absolute Gasteiger partial charge is 0.264 e. The number of carbonyl (C=O) groups excluding carboxylic acids is 2. The normalized spacial score (nSPS) is 11.9. The Labute approximate surface area is 239 Å². The lowest BCUT2D eigenvalue weighted by atomic mass is 10.1. The molecule has 1 unspecified atom stereocenters. The molecule has 2 amide bonds. The Balaban J connectivity index is 2.02. The molecule has 0 saturated heterocycles. The van der Waals surface area contributed by atoms with Gasteiger partial charge in [0.05, 0.1) is 17.7 Å². The molecule has 0 aliphatic rings. The van der Waals surface area contributed by atoms with Gasteiger partial charge in [0, 0.05) is 17.6 Å². The number of amides is 2. The predicted molar refractivity (Wildman–Crippen MR) is 156 cm³/mol. The van der Waals surface area contributed by atoms with E-state index in [0.29, 0.717) is 18.0 Å². The molecule has 1 N–H and O–H groups in total. The number of nitrogens with one attached hydrogen (secondary N) is 1. The minimum Gasteiger partial charge on any atom is -0.497 e. The molecule has 0 aliphatic carbocycles. The van der Waals surface area contributed by atoms with Gasteiger partial charge in [-0.25, -0.2) is 8.42 Å². The molecule has 0 spiro atoms. The number of ether oxygens (including phenoxy) is 1. The highest BCUT2D eigenvalue weighted by Crippen LogP contribution is 2.26. The highest BCUT2D eigenvalue weighted by Gasteiger charge is 2.32. The topological polar surface area (TPSA) is 96.0 Å². The Morgan fingerprint density at radius 1 is 1.03 bits per heavy atom. The van der Waals surface area contributed by atoms with Gasteiger partial charge >= 0.3 is 0 Å². The highest BCUT2D eigenvalue weighted by atomic mass is 79.9. The third kappa shape index (κ3) is 7.83. The van der Waals surface area contributed by atoms with Gasteiger partial charge in [-0.3, -0.25) is 13.9 Å². The molecule has 0 heterocycles. The van der Waals surface area contributed by atoms with Crippen LogP contribution in [0.5, 0.6) is 5.75 Å². The summed E-state index contributed by atoms with van der Waals surface area (Å²) in [5, 5.41) is 2.83. The van der Waals surface area contributed by atoms with Crippen LogP contribution in [0.15, 0.2) is 82.2 Å². The number of anilines is 1. The van der Waals surface area contributed by atoms with Gasteiger partial charge in [-0.2, -0.15) is 0 Å². The predicted octanol–water partition coefficient (Wildman–Crippen LogP) is 4.90. The second kappa shape index (κ2) is 13.6. The molecule has 0 aliphatic heterocycles. The van der Waals surface area contributed by atoms with Crippen molar-refractivity contribution in [3.8, 4) is 5.75 Å². The van der Waals surface area contributed by atoms with Crippen molar-refractivity contribution in [2.45, 2.75) is 44.7 Å². The summed E-state index contributed by atoms with van der Waals surface area (Å²) < 4.78 is 34.8. The molecule has 208 valence electrons. The molecule has 0 fully saturated rings. The van der Waals surface area contributed by atoms with E-state index in [1.165, 1.54) is 17.0 Å². The first-order valence-corrected chi connectivity index (χ1v) is 14.8. The SMILES string of the molecule is CCCNC(=O)C(C)N(Cc1cccc(OC)c1)C(=O)CN(c1ccc(Br)cc1)S(=O)(=O)c1ccc(C)cc1. The van der Waals surface area contributed by atoms with Gasteiger partial charge in [-0.1, -0.05) is 52.7 Å². The standard InChI is InChI=1S/C29H34BrN3O5S/c1-5-17-31-29(35)22(3)32(19-23-7-6-8-26(18-23)38-4)28(34)20-33(25-13-11-24(30)12-14-25)39(36,37)27-15-9-21(2)10-16-27/h6-16,18,22H,5,17,19-20H2,1-4H3,(H,31,35). The molecule has 8 nitrogen and oxygen atoms in total. The van der Waals surface area contributed by atoms with Gasteiger partial charge in [-0.15, -0.1) is 0 Å². The van der Waals surface area contributed by atoms with Crippen molar-refractivity contribution in [1.29, 1.82) is 0 Å². The van der Waals surface area contributed by atoms with Crippen molar-refractivity contribution in [1.82, 2.24) is 10.2 Å². The number of rotatable bonds is 12. The summed E-state index contributed by atoms with van der Waals surface area (Å²) in [6, 6.07) is 19.5. The van der Waals surface area contributed by atoms with Crippen LogP contribution in [-0.2, 0) is 26.2 Å². The molecule has 3 aromatic carbocycles. The quantitative estimate of drug-likeness (QED) is 0.312. The van der Waals surface area contributed by atoms with Gasteiger partial charge in [0.25, 0.3) is 10.0 Å². The van der Waals surface area contributed by atoms with E-state index in [4.69, 9.17) is 4.74 Å². The summed E-state index contributed by atoms with van der Waals surface area (Å²) >= 11 is 3.38. The molecule has 3 rings (SSSR count). The van der Waals surface area contributed by atoms with E-state index in [2.05, 4.69) is 21.2 Å². The fourth-order valence-electron chi connectivity index (χ4n) is 3.92. The zero-order chi connectivity index (χ0) is 28.6. The fraction of sp³-hybridized carbons (Fsp3) is 0.310. The average Bonchev–Trinajstić information content (AvgIpc) is 2.93. The molecular weight excluding hydrogens is 582 g/mol. The van der Waals surface area contributed by atoms with Crippen molar-refractivity contribution in [2.24, 2.45) is 0 Å². The summed E-state index contributed by atoms with van der Waals surface area (Å²) in [6.45, 7) is 5.52. The van der Waals surface area contributed by atoms with Gasteiger partial charge in [0.15, 0.2) is 0 Å². The molecular formula is C29H34BrN3O5S. The summed E-state index contributed by atoms with van der Waals surface area (Å²) in [4.78, 5) is 28.3. The lowest BCUT2D eigenvalue weighted by Gasteiger charge is -2.32. The molecule has 3 aromatic rings. The average molecular weight is 617 g/mol. The third-order valence-corrected chi connectivity index (χ3v) is 8.52. The van der Waals surface area contributed by atoms with Crippen LogP contribution in [0, 0.1) is 6.92 Å². The first kappa shape index (κ1) is 30.2. The van der Waals surface area contributed by atoms with Crippen LogP contribution in [-0.4, -0.2) is 51.4 Å². The van der Waals surface area contributed by atoms with Crippen LogP contribution in [0.1, 0.15) is 31.4 Å². The number of aryl methyl sites for hydroxylation is 1. The fourth-order valence-corrected chi connectivity index (χ4v) is 5.60. The number of benzene rings is 3. The van der Waals surface area contributed by atoms with E-state index in [9.17, 15) is 18.0 Å². The maximum atomic E-state index is 13.9. The van der Waals surface area contributed by atoms with Crippen molar-refractivity contribution >= 4 is 43.5 Å². The van der Waals surface area contributed by atoms with Crippen LogP contribution < -0.4 is 14.4 Å². The molecule has 0 bridgehead atoms. The second-order valence-corrected chi connectivity index (χ2v) is 11.9. The molecule has 0 saturated carbocycles. The lowest BCUT2D eigenvalue weighted by molar-refractivity contribution is -0.139. The summed E-state index contributed by atoms with van der Waals surface area (Å²) in [6.07, 6.45) is 0.744. The first-order chi connectivity index (χ1) is 18.6. The van der Waals surface area contributed by atoms with Gasteiger partial charge < -0.3 is 15.0 Å². The monoisotopic (exact) mass is 615 g/mol. The molecule has 39 heavy (non-hydrogen) atoms. The lowest BCUT2D eigenvalue weighted by Crippen LogP contribution is -2.51. The Morgan fingerprint density at radius 3 is 2.31 bits per heavy atom. The van der Waals surface area contributed by atoms with Crippen molar-refractivity contribution < 1.29 is 22.7 Å². The van der Waals surface area contributed by atoms with Crippen molar-refractivity contribution in [3.05, 3.63) is 88.4 Å². The zero-order valence-electron chi connectivity index (χ0n) is 22.6. The number of hydrogen-bond acceptors (Lipinski definition) is 5. The second-order valence-electron chi connectivity index (χ2n) is 9.14. The zero-order valence-corrected chi connectivity index (χ0v) is 25.0. The summed E-state index contributed by atoms with van der Waals surface area (Å²) in [7, 11) is -2.56. The first-order valence-electron chi connectivity index (χ1n) is 12.6. The van der Waals surface area contributed by atoms with Gasteiger partial charge in [0.1, 0.15) is 18.3 Å². The van der Waals surface area contributed by atoms with E-state index >= 15 is 0 Å². The van der Waals surface area contributed by atoms with Crippen molar-refractivity contribution in [3.63, 3.8) is 0 Å². The van der Waals surface area contributed by atoms with Crippen molar-refractivity contribution in [2.75, 3.05) is 24.5 Å². The Kier molecular flexibility index (Phi) is 10.5. The summed E-state index contributed by atoms with van der Waals surface area (Å²) in [5.41, 5.74) is 1.99. The molecule has 0 aromatic heterocycles. The number of halogens is 1. The molecule has 0 radical (unpaired) electrons. The van der Waals surface area contributed by atoms with E-state index in [-0.39, 0.29) is 17.3 Å². The maximum absolute atomic E-state index is 13.9. The minimum absolute atomic E-state index is 0.0666. The number of nitrogens with zero attached hydrogens (tertiary/aromatic N) is 2. The number of carbonyl (C=O) groups is 2. The largest absolute Gasteiger partial charge is 0.497 e. The van der Waals surface area contributed by atoms with Gasteiger partial charge in [-0.05, 0) is 74.4 Å². The maximum Gasteiger partial charge on any atom is 0.264 e. The van der Waals surface area contributed by atoms with Gasteiger partial charge in [0.2, 0.25) is 11.8 Å². The molecule has 10 heteroatoms. The Bertz CT molecular complexity index is 1380. The van der Waals surface area contributed by atoms with Crippen LogP contribution in [0.2, 0.25) is 0 Å². The van der Waals surface area contributed by atoms with E-state index < -0.39 is 28.5 Å². The summed E-state index contributed by atoms with van der Waals surface area (Å²) in [5.74, 6) is -0.221. The minimum atomic E-state index is -4.11. The molecule has 1 atom stereocenters. The highest BCUT2D eigenvalue weighted by molar-refractivity contribution is 9.10. The van der Waals surface area contributed by atoms with Crippen LogP contribution in [0.4, 0.5) is 5.69 Å². The third-order valence-electron chi connectivity index (χ3n) is 6.21. The van der Waals surface area contributed by atoms with E-state index in [1.54, 1.807) is 68.6 Å². The Morgan fingerprint density at radius 2 is 1.69 bits per heavy atom. The number of methoxy groups -OCH3 is 1. The van der Waals surface area contributed by atoms with Crippen LogP contribution in [0.3, 0.4) is 0 Å². The van der Waals surface area contributed by atoms with E-state index in [1.807, 2.05) is 19.9 Å². The van der Waals surface area contributed by atoms with E-state index in [0.717, 1.165) is 26.3 Å². The number of sulfonamides is 1. The van der Waals surface area contributed by atoms with Crippen LogP contribution in [0.25, 0.3) is 0 Å². The Hall–Kier alpha value is -3.37. The van der Waals surface area contributed by atoms with Crippen LogP contribution >= 0.6 is 15.9 Å². The number of hydrogen-bond donors (Lipinski definition) is 1.